The van der Waals surface area contributed by atoms with Gasteiger partial charge in [0.2, 0.25) is 5.95 Å². The van der Waals surface area contributed by atoms with Crippen molar-refractivity contribution in [2.45, 2.75) is 39.2 Å². The third-order valence-electron chi connectivity index (χ3n) is 5.92. The van der Waals surface area contributed by atoms with Gasteiger partial charge in [0, 0.05) is 44.3 Å². The maximum absolute atomic E-state index is 11.4. The fraction of sp³-hybridized carbons (Fsp3) is 0.458. The Balaban J connectivity index is 1.47. The Morgan fingerprint density at radius 2 is 2.00 bits per heavy atom. The number of aromatic nitrogens is 2. The second kappa shape index (κ2) is 12.2. The van der Waals surface area contributed by atoms with Crippen LogP contribution in [-0.4, -0.2) is 47.3 Å². The van der Waals surface area contributed by atoms with Gasteiger partial charge in [-0.05, 0) is 49.6 Å². The van der Waals surface area contributed by atoms with E-state index in [9.17, 15) is 4.79 Å². The molecule has 1 fully saturated rings. The van der Waals surface area contributed by atoms with Gasteiger partial charge in [-0.15, -0.1) is 0 Å². The molecule has 1 aromatic heterocycles. The molecule has 2 aromatic rings. The van der Waals surface area contributed by atoms with Gasteiger partial charge in [-0.25, -0.2) is 15.4 Å². The van der Waals surface area contributed by atoms with Crippen molar-refractivity contribution in [3.05, 3.63) is 60.6 Å². The Hall–Kier alpha value is -2.97. The Kier molecular flexibility index (Phi) is 9.01. The fourth-order valence-electron chi connectivity index (χ4n) is 3.99. The number of carbonyl (C=O) groups excluding carboxylic acids is 1. The summed E-state index contributed by atoms with van der Waals surface area (Å²) >= 11 is 0. The van der Waals surface area contributed by atoms with E-state index in [0.29, 0.717) is 11.9 Å². The number of benzene rings is 1. The molecule has 172 valence electrons. The van der Waals surface area contributed by atoms with E-state index in [2.05, 4.69) is 62.9 Å². The smallest absolute Gasteiger partial charge is 0.277 e. The zero-order chi connectivity index (χ0) is 22.8. The Morgan fingerprint density at radius 3 is 2.66 bits per heavy atom. The molecule has 32 heavy (non-hydrogen) atoms. The van der Waals surface area contributed by atoms with Crippen LogP contribution in [0.5, 0.6) is 0 Å². The Bertz CT molecular complexity index is 865. The highest BCUT2D eigenvalue weighted by Gasteiger charge is 2.21. The molecular formula is C24H34N6O2. The Morgan fingerprint density at radius 1 is 1.28 bits per heavy atom. The van der Waals surface area contributed by atoms with Crippen LogP contribution in [0.3, 0.4) is 0 Å². The van der Waals surface area contributed by atoms with Crippen LogP contribution in [0.4, 0.5) is 11.6 Å². The summed E-state index contributed by atoms with van der Waals surface area (Å²) in [4.78, 5) is 24.3. The molecule has 1 amide bonds. The van der Waals surface area contributed by atoms with Gasteiger partial charge in [-0.2, -0.15) is 0 Å². The minimum Gasteiger partial charge on any atom is -0.348 e. The average molecular weight is 439 g/mol. The number of hydrogen-bond donors (Lipinski definition) is 3. The lowest BCUT2D eigenvalue weighted by molar-refractivity contribution is 0.0705. The molecule has 1 aliphatic heterocycles. The summed E-state index contributed by atoms with van der Waals surface area (Å²) in [5.41, 5.74) is 4.35. The van der Waals surface area contributed by atoms with Crippen molar-refractivity contribution in [3.63, 3.8) is 0 Å². The second-order valence-corrected chi connectivity index (χ2v) is 8.13. The highest BCUT2D eigenvalue weighted by atomic mass is 16.5. The largest absolute Gasteiger partial charge is 0.348 e. The molecular weight excluding hydrogens is 404 g/mol. The van der Waals surface area contributed by atoms with Crippen LogP contribution in [0.2, 0.25) is 0 Å². The lowest BCUT2D eigenvalue weighted by Gasteiger charge is -2.32. The molecule has 0 radical (unpaired) electrons. The minimum absolute atomic E-state index is 0.236. The Labute approximate surface area is 190 Å². The van der Waals surface area contributed by atoms with E-state index in [4.69, 9.17) is 5.21 Å². The fourth-order valence-corrected chi connectivity index (χ4v) is 3.99. The molecule has 1 saturated heterocycles. The van der Waals surface area contributed by atoms with Crippen molar-refractivity contribution in [2.75, 3.05) is 36.0 Å². The molecule has 0 unspecified atom stereocenters. The van der Waals surface area contributed by atoms with Gasteiger partial charge < -0.3 is 15.1 Å². The first-order chi connectivity index (χ1) is 15.7. The van der Waals surface area contributed by atoms with E-state index >= 15 is 0 Å². The molecule has 0 spiro atoms. The molecule has 3 N–H and O–H groups in total. The van der Waals surface area contributed by atoms with Crippen molar-refractivity contribution >= 4 is 17.5 Å². The normalized spacial score (nSPS) is 14.2. The van der Waals surface area contributed by atoms with Crippen molar-refractivity contribution in [1.29, 1.82) is 0 Å². The number of hydrogen-bond acceptors (Lipinski definition) is 7. The first-order valence-electron chi connectivity index (χ1n) is 11.4. The van der Waals surface area contributed by atoms with E-state index in [1.54, 1.807) is 5.48 Å². The van der Waals surface area contributed by atoms with Gasteiger partial charge in [0.15, 0.2) is 0 Å². The molecule has 0 saturated carbocycles. The van der Waals surface area contributed by atoms with Crippen molar-refractivity contribution in [2.24, 2.45) is 5.92 Å². The highest BCUT2D eigenvalue weighted by Crippen LogP contribution is 2.23. The van der Waals surface area contributed by atoms with Crippen LogP contribution in [0.1, 0.15) is 48.5 Å². The predicted octanol–water partition coefficient (Wildman–Crippen LogP) is 3.35. The molecule has 0 atom stereocenters. The van der Waals surface area contributed by atoms with Gasteiger partial charge >= 0.3 is 0 Å². The van der Waals surface area contributed by atoms with Gasteiger partial charge in [-0.3, -0.25) is 10.0 Å². The topological polar surface area (TPSA) is 93.6 Å². The van der Waals surface area contributed by atoms with Crippen molar-refractivity contribution in [3.8, 4) is 0 Å². The van der Waals surface area contributed by atoms with E-state index < -0.39 is 5.91 Å². The molecule has 3 rings (SSSR count). The summed E-state index contributed by atoms with van der Waals surface area (Å²) in [6, 6.07) is 8.53. The number of para-hydroxylation sites is 1. The summed E-state index contributed by atoms with van der Waals surface area (Å²) in [7, 11) is 0. The monoisotopic (exact) mass is 438 g/mol. The van der Waals surface area contributed by atoms with Gasteiger partial charge in [0.1, 0.15) is 0 Å². The summed E-state index contributed by atoms with van der Waals surface area (Å²) in [6.07, 6.45) is 9.23. The zero-order valence-corrected chi connectivity index (χ0v) is 18.8. The van der Waals surface area contributed by atoms with Crippen LogP contribution < -0.4 is 20.6 Å². The van der Waals surface area contributed by atoms with Gasteiger partial charge in [0.25, 0.3) is 5.91 Å². The van der Waals surface area contributed by atoms with Gasteiger partial charge in [-0.1, -0.05) is 38.1 Å². The molecule has 0 bridgehead atoms. The lowest BCUT2D eigenvalue weighted by atomic mass is 9.97. The van der Waals surface area contributed by atoms with Crippen molar-refractivity contribution < 1.29 is 10.0 Å². The molecule has 0 aliphatic carbocycles. The number of hydroxylamine groups is 1. The van der Waals surface area contributed by atoms with E-state index in [1.165, 1.54) is 23.6 Å². The number of unbranched alkanes of at least 4 members (excludes halogenated alkanes) is 1. The molecule has 2 heterocycles. The third-order valence-corrected chi connectivity index (χ3v) is 5.92. The summed E-state index contributed by atoms with van der Waals surface area (Å²) in [6.45, 7) is 10.8. The molecule has 1 aromatic carbocycles. The zero-order valence-electron chi connectivity index (χ0n) is 18.8. The summed E-state index contributed by atoms with van der Waals surface area (Å²) in [5, 5.41) is 12.3. The highest BCUT2D eigenvalue weighted by molar-refractivity contribution is 5.92. The standard InChI is InChI=1S/C24H34N6O2/c1-3-5-12-29(4-2)22-9-7-6-8-20(22)16-25-15-19-10-13-30(14-11-19)24-26-17-21(18-27-24)23(31)28-32/h4,6-9,17-19,25,32H,2-3,5,10-16H2,1H3,(H,28,31). The number of rotatable bonds is 11. The lowest BCUT2D eigenvalue weighted by Crippen LogP contribution is -2.38. The maximum Gasteiger partial charge on any atom is 0.277 e. The van der Waals surface area contributed by atoms with E-state index in [1.807, 2.05) is 6.20 Å². The van der Waals surface area contributed by atoms with Crippen LogP contribution in [0, 0.1) is 5.92 Å². The second-order valence-electron chi connectivity index (χ2n) is 8.13. The number of anilines is 2. The predicted molar refractivity (Wildman–Crippen MR) is 127 cm³/mol. The van der Waals surface area contributed by atoms with E-state index in [0.717, 1.165) is 58.4 Å². The molecule has 8 nitrogen and oxygen atoms in total. The van der Waals surface area contributed by atoms with Crippen LogP contribution in [0.25, 0.3) is 0 Å². The minimum atomic E-state index is -0.607. The van der Waals surface area contributed by atoms with Crippen LogP contribution in [0.15, 0.2) is 49.4 Å². The first kappa shape index (κ1) is 23.7. The maximum atomic E-state index is 11.4. The third kappa shape index (κ3) is 6.27. The number of nitrogens with zero attached hydrogens (tertiary/aromatic N) is 4. The average Bonchev–Trinajstić information content (AvgIpc) is 2.85. The van der Waals surface area contributed by atoms with E-state index in [-0.39, 0.29) is 5.56 Å². The molecule has 1 aliphatic rings. The number of amides is 1. The number of piperidine rings is 1. The summed E-state index contributed by atoms with van der Waals surface area (Å²) in [5.74, 6) is 0.620. The number of nitrogens with one attached hydrogen (secondary N) is 2. The van der Waals surface area contributed by atoms with Crippen LogP contribution in [-0.2, 0) is 6.54 Å². The first-order valence-corrected chi connectivity index (χ1v) is 11.4. The number of carbonyl (C=O) groups is 1. The van der Waals surface area contributed by atoms with Crippen molar-refractivity contribution in [1.82, 2.24) is 20.8 Å². The SMILES string of the molecule is C=CN(CCCC)c1ccccc1CNCC1CCN(c2ncc(C(=O)NO)cn2)CC1. The molecule has 8 heteroatoms. The summed E-state index contributed by atoms with van der Waals surface area (Å²) < 4.78 is 0. The van der Waals surface area contributed by atoms with Gasteiger partial charge in [0.05, 0.1) is 5.56 Å². The van der Waals surface area contributed by atoms with Crippen LogP contribution >= 0.6 is 0 Å². The quantitative estimate of drug-likeness (QED) is 0.366.